The quantitative estimate of drug-likeness (QED) is 0.714. The van der Waals surface area contributed by atoms with Gasteiger partial charge < -0.3 is 0 Å². The lowest BCUT2D eigenvalue weighted by Crippen LogP contribution is -1.90. The number of aromatic nitrogens is 1. The van der Waals surface area contributed by atoms with Crippen LogP contribution in [0.1, 0.15) is 21.6 Å². The second-order valence-corrected chi connectivity index (χ2v) is 3.89. The van der Waals surface area contributed by atoms with E-state index < -0.39 is 0 Å². The molecule has 0 aliphatic rings. The summed E-state index contributed by atoms with van der Waals surface area (Å²) < 4.78 is 0. The smallest absolute Gasteiger partial charge is 0.150 e. The van der Waals surface area contributed by atoms with Gasteiger partial charge in [-0.15, -0.1) is 0 Å². The normalized spacial score (nSPS) is 10.1. The van der Waals surface area contributed by atoms with Crippen LogP contribution in [-0.4, -0.2) is 11.3 Å². The molecule has 0 bridgehead atoms. The lowest BCUT2D eigenvalue weighted by molar-refractivity contribution is 0.112. The summed E-state index contributed by atoms with van der Waals surface area (Å²) >= 11 is 0. The molecular weight excluding hydrogens is 198 g/mol. The summed E-state index contributed by atoms with van der Waals surface area (Å²) in [6.07, 6.45) is 2.66. The average molecular weight is 211 g/mol. The molecule has 2 nitrogen and oxygen atoms in total. The van der Waals surface area contributed by atoms with Crippen molar-refractivity contribution in [3.63, 3.8) is 0 Å². The van der Waals surface area contributed by atoms with Crippen molar-refractivity contribution in [3.05, 3.63) is 53.3 Å². The average Bonchev–Trinajstić information content (AvgIpc) is 2.28. The van der Waals surface area contributed by atoms with Crippen molar-refractivity contribution in [2.75, 3.05) is 0 Å². The van der Waals surface area contributed by atoms with Crippen LogP contribution in [0.2, 0.25) is 0 Å². The molecule has 0 saturated carbocycles. The molecule has 1 heterocycles. The second-order valence-electron chi connectivity index (χ2n) is 3.89. The first-order chi connectivity index (χ1) is 7.70. The zero-order chi connectivity index (χ0) is 11.5. The molecule has 0 aliphatic heterocycles. The molecule has 0 unspecified atom stereocenters. The standard InChI is InChI=1S/C14H13NO/c1-10-3-4-14(13(7-10)9-16)12-5-6-15-11(2)8-12/h3-9H,1-2H3. The van der Waals surface area contributed by atoms with Gasteiger partial charge in [0.05, 0.1) is 0 Å². The highest BCUT2D eigenvalue weighted by Crippen LogP contribution is 2.23. The van der Waals surface area contributed by atoms with Gasteiger partial charge in [-0.1, -0.05) is 17.7 Å². The van der Waals surface area contributed by atoms with Gasteiger partial charge in [0.1, 0.15) is 0 Å². The highest BCUT2D eigenvalue weighted by molar-refractivity contribution is 5.87. The van der Waals surface area contributed by atoms with Crippen LogP contribution in [-0.2, 0) is 0 Å². The van der Waals surface area contributed by atoms with Gasteiger partial charge in [-0.3, -0.25) is 9.78 Å². The van der Waals surface area contributed by atoms with Gasteiger partial charge in [0, 0.05) is 17.5 Å². The maximum atomic E-state index is 11.0. The molecule has 0 atom stereocenters. The topological polar surface area (TPSA) is 30.0 Å². The van der Waals surface area contributed by atoms with Gasteiger partial charge in [-0.2, -0.15) is 0 Å². The minimum Gasteiger partial charge on any atom is -0.298 e. The fraction of sp³-hybridized carbons (Fsp3) is 0.143. The molecule has 0 aliphatic carbocycles. The van der Waals surface area contributed by atoms with Gasteiger partial charge in [0.25, 0.3) is 0 Å². The Labute approximate surface area is 95.0 Å². The van der Waals surface area contributed by atoms with Gasteiger partial charge in [-0.05, 0) is 43.2 Å². The minimum atomic E-state index is 0.727. The number of rotatable bonds is 2. The first kappa shape index (κ1) is 10.6. The Kier molecular flexibility index (Phi) is 2.82. The Bertz CT molecular complexity index is 532. The largest absolute Gasteiger partial charge is 0.298 e. The molecule has 16 heavy (non-hydrogen) atoms. The molecule has 80 valence electrons. The van der Waals surface area contributed by atoms with E-state index in [4.69, 9.17) is 0 Å². The summed E-state index contributed by atoms with van der Waals surface area (Å²) in [6.45, 7) is 3.92. The van der Waals surface area contributed by atoms with Crippen LogP contribution in [0.3, 0.4) is 0 Å². The molecule has 2 rings (SSSR count). The fourth-order valence-electron chi connectivity index (χ4n) is 1.76. The zero-order valence-electron chi connectivity index (χ0n) is 9.40. The SMILES string of the molecule is Cc1ccc(-c2ccnc(C)c2)c(C=O)c1. The first-order valence-corrected chi connectivity index (χ1v) is 5.19. The number of hydrogen-bond acceptors (Lipinski definition) is 2. The molecular formula is C14H13NO. The van der Waals surface area contributed by atoms with Crippen molar-refractivity contribution in [2.24, 2.45) is 0 Å². The number of benzene rings is 1. The van der Waals surface area contributed by atoms with E-state index in [1.54, 1.807) is 6.20 Å². The van der Waals surface area contributed by atoms with Crippen LogP contribution in [0.5, 0.6) is 0 Å². The van der Waals surface area contributed by atoms with Crippen LogP contribution < -0.4 is 0 Å². The summed E-state index contributed by atoms with van der Waals surface area (Å²) in [5.74, 6) is 0. The number of carbonyl (C=O) groups is 1. The lowest BCUT2D eigenvalue weighted by atomic mass is 9.99. The van der Waals surface area contributed by atoms with E-state index in [0.29, 0.717) is 0 Å². The molecule has 1 aromatic heterocycles. The Morgan fingerprint density at radius 3 is 2.62 bits per heavy atom. The number of pyridine rings is 1. The Balaban J connectivity index is 2.59. The van der Waals surface area contributed by atoms with Crippen LogP contribution in [0.25, 0.3) is 11.1 Å². The van der Waals surface area contributed by atoms with Crippen LogP contribution >= 0.6 is 0 Å². The van der Waals surface area contributed by atoms with Crippen molar-refractivity contribution < 1.29 is 4.79 Å². The van der Waals surface area contributed by atoms with Crippen LogP contribution in [0.4, 0.5) is 0 Å². The number of nitrogens with zero attached hydrogens (tertiary/aromatic N) is 1. The van der Waals surface area contributed by atoms with E-state index >= 15 is 0 Å². The zero-order valence-corrected chi connectivity index (χ0v) is 9.40. The van der Waals surface area contributed by atoms with Crippen molar-refractivity contribution in [1.82, 2.24) is 4.98 Å². The molecule has 0 N–H and O–H groups in total. The minimum absolute atomic E-state index is 0.727. The third-order valence-corrected chi connectivity index (χ3v) is 2.54. The number of aldehydes is 1. The van der Waals surface area contributed by atoms with Crippen molar-refractivity contribution in [3.8, 4) is 11.1 Å². The highest BCUT2D eigenvalue weighted by atomic mass is 16.1. The molecule has 0 amide bonds. The molecule has 0 radical (unpaired) electrons. The van der Waals surface area contributed by atoms with Gasteiger partial charge in [-0.25, -0.2) is 0 Å². The van der Waals surface area contributed by atoms with Gasteiger partial charge in [0.15, 0.2) is 6.29 Å². The van der Waals surface area contributed by atoms with Crippen molar-refractivity contribution in [2.45, 2.75) is 13.8 Å². The van der Waals surface area contributed by atoms with E-state index in [9.17, 15) is 4.79 Å². The van der Waals surface area contributed by atoms with Gasteiger partial charge in [0.2, 0.25) is 0 Å². The van der Waals surface area contributed by atoms with E-state index in [0.717, 1.165) is 34.2 Å². The third-order valence-electron chi connectivity index (χ3n) is 2.54. The first-order valence-electron chi connectivity index (χ1n) is 5.19. The molecule has 1 aromatic carbocycles. The van der Waals surface area contributed by atoms with Crippen LogP contribution in [0, 0.1) is 13.8 Å². The molecule has 2 aromatic rings. The summed E-state index contributed by atoms with van der Waals surface area (Å²) in [5, 5.41) is 0. The summed E-state index contributed by atoms with van der Waals surface area (Å²) in [5.41, 5.74) is 4.78. The molecule has 2 heteroatoms. The molecule has 0 saturated heterocycles. The van der Waals surface area contributed by atoms with Gasteiger partial charge >= 0.3 is 0 Å². The Morgan fingerprint density at radius 1 is 1.12 bits per heavy atom. The number of hydrogen-bond donors (Lipinski definition) is 0. The second kappa shape index (κ2) is 4.27. The Morgan fingerprint density at radius 2 is 1.94 bits per heavy atom. The summed E-state index contributed by atoms with van der Waals surface area (Å²) in [6, 6.07) is 9.80. The predicted molar refractivity (Wildman–Crippen MR) is 64.5 cm³/mol. The van der Waals surface area contributed by atoms with Crippen molar-refractivity contribution in [1.29, 1.82) is 0 Å². The third kappa shape index (κ3) is 2.01. The van der Waals surface area contributed by atoms with Crippen molar-refractivity contribution >= 4 is 6.29 Å². The molecule has 0 spiro atoms. The summed E-state index contributed by atoms with van der Waals surface area (Å²) in [4.78, 5) is 15.2. The predicted octanol–water partition coefficient (Wildman–Crippen LogP) is 3.18. The fourth-order valence-corrected chi connectivity index (χ4v) is 1.76. The van der Waals surface area contributed by atoms with E-state index in [1.807, 2.05) is 44.2 Å². The van der Waals surface area contributed by atoms with E-state index in [1.165, 1.54) is 0 Å². The lowest BCUT2D eigenvalue weighted by Gasteiger charge is -2.06. The van der Waals surface area contributed by atoms with Crippen LogP contribution in [0.15, 0.2) is 36.5 Å². The molecule has 0 fully saturated rings. The highest BCUT2D eigenvalue weighted by Gasteiger charge is 2.04. The number of aryl methyl sites for hydroxylation is 2. The summed E-state index contributed by atoms with van der Waals surface area (Å²) in [7, 11) is 0. The maximum Gasteiger partial charge on any atom is 0.150 e. The Hall–Kier alpha value is -1.96. The van der Waals surface area contributed by atoms with E-state index in [2.05, 4.69) is 4.98 Å². The van der Waals surface area contributed by atoms with E-state index in [-0.39, 0.29) is 0 Å². The number of carbonyl (C=O) groups excluding carboxylic acids is 1. The maximum absolute atomic E-state index is 11.0. The monoisotopic (exact) mass is 211 g/mol.